The molecular formula is C26H22Cl2N4O2. The molecule has 6 nitrogen and oxygen atoms in total. The van der Waals surface area contributed by atoms with E-state index in [0.29, 0.717) is 39.8 Å². The van der Waals surface area contributed by atoms with Crippen molar-refractivity contribution >= 4 is 51.5 Å². The summed E-state index contributed by atoms with van der Waals surface area (Å²) in [5, 5.41) is 4.18. The monoisotopic (exact) mass is 492 g/mol. The van der Waals surface area contributed by atoms with Gasteiger partial charge in [0.1, 0.15) is 11.3 Å². The van der Waals surface area contributed by atoms with Crippen LogP contribution in [0.4, 0.5) is 11.4 Å². The number of amides is 1. The number of halogens is 2. The molecule has 0 radical (unpaired) electrons. The molecule has 1 aliphatic rings. The average molecular weight is 493 g/mol. The Bertz CT molecular complexity index is 1390. The summed E-state index contributed by atoms with van der Waals surface area (Å²) in [4.78, 5) is 24.6. The van der Waals surface area contributed by atoms with E-state index in [4.69, 9.17) is 27.9 Å². The molecule has 0 saturated heterocycles. The van der Waals surface area contributed by atoms with E-state index in [9.17, 15) is 4.79 Å². The fourth-order valence-corrected chi connectivity index (χ4v) is 4.92. The minimum absolute atomic E-state index is 0.0993. The van der Waals surface area contributed by atoms with Crippen molar-refractivity contribution in [2.24, 2.45) is 0 Å². The number of anilines is 2. The lowest BCUT2D eigenvalue weighted by Crippen LogP contribution is -2.27. The molecule has 1 aliphatic heterocycles. The Hall–Kier alpha value is -3.35. The number of aromatic nitrogens is 2. The van der Waals surface area contributed by atoms with Crippen molar-refractivity contribution in [1.29, 1.82) is 0 Å². The van der Waals surface area contributed by atoms with Crippen LogP contribution in [0, 0.1) is 0 Å². The van der Waals surface area contributed by atoms with E-state index in [1.807, 2.05) is 61.5 Å². The fraction of sp³-hybridized carbons (Fsp3) is 0.192. The number of fused-ring (bicyclic) bond motifs is 2. The molecule has 2 aromatic heterocycles. The summed E-state index contributed by atoms with van der Waals surface area (Å²) in [5.74, 6) is 0.353. The number of hydrogen-bond acceptors (Lipinski definition) is 5. The molecule has 1 N–H and O–H groups in total. The lowest BCUT2D eigenvalue weighted by Gasteiger charge is -2.26. The van der Waals surface area contributed by atoms with Crippen LogP contribution in [0.1, 0.15) is 17.9 Å². The van der Waals surface area contributed by atoms with Crippen molar-refractivity contribution in [2.45, 2.75) is 12.3 Å². The molecule has 8 heteroatoms. The lowest BCUT2D eigenvalue weighted by atomic mass is 9.92. The third-order valence-corrected chi connectivity index (χ3v) is 6.32. The van der Waals surface area contributed by atoms with Gasteiger partial charge in [-0.1, -0.05) is 41.4 Å². The molecule has 172 valence electrons. The Balaban J connectivity index is 1.57. The van der Waals surface area contributed by atoms with Gasteiger partial charge in [-0.15, -0.1) is 0 Å². The van der Waals surface area contributed by atoms with Gasteiger partial charge in [-0.3, -0.25) is 14.8 Å². The van der Waals surface area contributed by atoms with Crippen molar-refractivity contribution in [3.8, 4) is 16.9 Å². The molecule has 1 atom stereocenters. The number of carbonyl (C=O) groups is 1. The standard InChI is InChI=1S/C26H22Cl2N4O2/c1-32(2)25-21(31-26(33)20-8-10-34-22-6-4-3-5-19(20)22)14-30-23-18(7-9-29-24(23)25)15-11-16(27)13-17(28)12-15/h3-7,9,11-14,20H,8,10H2,1-2H3,(H,31,33)/t20-/m0/s1. The summed E-state index contributed by atoms with van der Waals surface area (Å²) in [6.07, 6.45) is 4.01. The molecule has 2 aromatic carbocycles. The molecule has 0 spiro atoms. The molecule has 1 amide bonds. The van der Waals surface area contributed by atoms with Gasteiger partial charge in [0, 0.05) is 41.5 Å². The van der Waals surface area contributed by atoms with Gasteiger partial charge in [-0.05, 0) is 42.3 Å². The SMILES string of the molecule is CN(C)c1c(NC(=O)[C@H]2CCOc3ccccc32)cnc2c(-c3cc(Cl)cc(Cl)c3)ccnc12. The van der Waals surface area contributed by atoms with Gasteiger partial charge in [0.2, 0.25) is 5.91 Å². The van der Waals surface area contributed by atoms with Crippen molar-refractivity contribution < 1.29 is 9.53 Å². The van der Waals surface area contributed by atoms with E-state index in [1.54, 1.807) is 18.5 Å². The highest BCUT2D eigenvalue weighted by Gasteiger charge is 2.28. The largest absolute Gasteiger partial charge is 0.493 e. The van der Waals surface area contributed by atoms with E-state index in [-0.39, 0.29) is 11.8 Å². The molecular weight excluding hydrogens is 471 g/mol. The van der Waals surface area contributed by atoms with Crippen LogP contribution in [0.2, 0.25) is 10.0 Å². The van der Waals surface area contributed by atoms with E-state index in [0.717, 1.165) is 28.1 Å². The Morgan fingerprint density at radius 2 is 1.82 bits per heavy atom. The Labute approximate surface area is 207 Å². The highest BCUT2D eigenvalue weighted by atomic mass is 35.5. The van der Waals surface area contributed by atoms with Crippen LogP contribution in [-0.4, -0.2) is 36.6 Å². The number of benzene rings is 2. The highest BCUT2D eigenvalue weighted by molar-refractivity contribution is 6.35. The van der Waals surface area contributed by atoms with E-state index in [1.165, 1.54) is 0 Å². The average Bonchev–Trinajstić information content (AvgIpc) is 2.82. The van der Waals surface area contributed by atoms with Crippen LogP contribution >= 0.6 is 23.2 Å². The molecule has 0 bridgehead atoms. The fourth-order valence-electron chi connectivity index (χ4n) is 4.40. The number of ether oxygens (including phenoxy) is 1. The summed E-state index contributed by atoms with van der Waals surface area (Å²) < 4.78 is 5.72. The zero-order valence-corrected chi connectivity index (χ0v) is 20.2. The Morgan fingerprint density at radius 1 is 1.06 bits per heavy atom. The summed E-state index contributed by atoms with van der Waals surface area (Å²) in [7, 11) is 3.83. The van der Waals surface area contributed by atoms with E-state index < -0.39 is 0 Å². The van der Waals surface area contributed by atoms with Crippen LogP contribution in [0.3, 0.4) is 0 Å². The number of nitrogens with one attached hydrogen (secondary N) is 1. The van der Waals surface area contributed by atoms with Gasteiger partial charge < -0.3 is 15.0 Å². The number of nitrogens with zero attached hydrogens (tertiary/aromatic N) is 3. The van der Waals surface area contributed by atoms with Gasteiger partial charge in [-0.2, -0.15) is 0 Å². The summed E-state index contributed by atoms with van der Waals surface area (Å²) >= 11 is 12.5. The third-order valence-electron chi connectivity index (χ3n) is 5.88. The Kier molecular flexibility index (Phi) is 6.02. The van der Waals surface area contributed by atoms with Gasteiger partial charge in [0.15, 0.2) is 0 Å². The first-order valence-corrected chi connectivity index (χ1v) is 11.6. The van der Waals surface area contributed by atoms with Gasteiger partial charge in [0.25, 0.3) is 0 Å². The number of para-hydroxylation sites is 1. The Morgan fingerprint density at radius 3 is 2.59 bits per heavy atom. The second-order valence-electron chi connectivity index (χ2n) is 8.35. The smallest absolute Gasteiger partial charge is 0.232 e. The maximum absolute atomic E-state index is 13.3. The van der Waals surface area contributed by atoms with Crippen molar-refractivity contribution in [3.05, 3.63) is 76.5 Å². The van der Waals surface area contributed by atoms with Crippen LogP contribution < -0.4 is 15.0 Å². The lowest BCUT2D eigenvalue weighted by molar-refractivity contribution is -0.118. The van der Waals surface area contributed by atoms with Crippen molar-refractivity contribution in [2.75, 3.05) is 30.9 Å². The zero-order valence-electron chi connectivity index (χ0n) is 18.7. The predicted molar refractivity (Wildman–Crippen MR) is 137 cm³/mol. The van der Waals surface area contributed by atoms with Crippen LogP contribution in [0.25, 0.3) is 22.2 Å². The summed E-state index contributed by atoms with van der Waals surface area (Å²) in [5.41, 5.74) is 5.33. The molecule has 0 saturated carbocycles. The first-order chi connectivity index (χ1) is 16.4. The normalized spacial score (nSPS) is 14.9. The topological polar surface area (TPSA) is 67.4 Å². The molecule has 5 rings (SSSR count). The quantitative estimate of drug-likeness (QED) is 0.368. The minimum Gasteiger partial charge on any atom is -0.493 e. The minimum atomic E-state index is -0.302. The summed E-state index contributed by atoms with van der Waals surface area (Å²) in [6, 6.07) is 14.9. The second kappa shape index (κ2) is 9.12. The molecule has 34 heavy (non-hydrogen) atoms. The molecule has 4 aromatic rings. The molecule has 0 aliphatic carbocycles. The van der Waals surface area contributed by atoms with Crippen molar-refractivity contribution in [3.63, 3.8) is 0 Å². The maximum atomic E-state index is 13.3. The van der Waals surface area contributed by atoms with Crippen LogP contribution in [0.5, 0.6) is 5.75 Å². The molecule has 3 heterocycles. The maximum Gasteiger partial charge on any atom is 0.232 e. The van der Waals surface area contributed by atoms with E-state index in [2.05, 4.69) is 15.3 Å². The first-order valence-electron chi connectivity index (χ1n) is 10.9. The van der Waals surface area contributed by atoms with Crippen LogP contribution in [-0.2, 0) is 4.79 Å². The van der Waals surface area contributed by atoms with Gasteiger partial charge in [0.05, 0.1) is 35.6 Å². The third kappa shape index (κ3) is 4.15. The van der Waals surface area contributed by atoms with E-state index >= 15 is 0 Å². The van der Waals surface area contributed by atoms with Gasteiger partial charge >= 0.3 is 0 Å². The number of hydrogen-bond donors (Lipinski definition) is 1. The van der Waals surface area contributed by atoms with Crippen molar-refractivity contribution in [1.82, 2.24) is 9.97 Å². The number of rotatable bonds is 4. The van der Waals surface area contributed by atoms with Crippen LogP contribution in [0.15, 0.2) is 60.9 Å². The zero-order chi connectivity index (χ0) is 23.8. The molecule has 0 unspecified atom stereocenters. The number of pyridine rings is 2. The predicted octanol–water partition coefficient (Wildman–Crippen LogP) is 6.17. The van der Waals surface area contributed by atoms with Gasteiger partial charge in [-0.25, -0.2) is 0 Å². The molecule has 0 fully saturated rings. The number of carbonyl (C=O) groups excluding carboxylic acids is 1. The first kappa shape index (κ1) is 22.4. The highest BCUT2D eigenvalue weighted by Crippen LogP contribution is 2.38. The second-order valence-corrected chi connectivity index (χ2v) is 9.22. The summed E-state index contributed by atoms with van der Waals surface area (Å²) in [6.45, 7) is 0.499.